The van der Waals surface area contributed by atoms with Crippen molar-refractivity contribution < 1.29 is 19.8 Å². The van der Waals surface area contributed by atoms with E-state index in [1.807, 2.05) is 13.8 Å². The monoisotopic (exact) mass is 308 g/mol. The zero-order chi connectivity index (χ0) is 12.8. The summed E-state index contributed by atoms with van der Waals surface area (Å²) < 4.78 is 0. The Kier molecular flexibility index (Phi) is 33.7. The van der Waals surface area contributed by atoms with Crippen LogP contribution in [0.5, 0.6) is 0 Å². The quantitative estimate of drug-likeness (QED) is 0.452. The molecule has 2 N–H and O–H groups in total. The number of hydrogen-bond donors (Lipinski definition) is 2. The Morgan fingerprint density at radius 2 is 1.00 bits per heavy atom. The molecule has 4 nitrogen and oxygen atoms in total. The summed E-state index contributed by atoms with van der Waals surface area (Å²) in [6.45, 7) is 3.65. The molecule has 96 valence electrons. The summed E-state index contributed by atoms with van der Waals surface area (Å²) in [4.78, 5) is 19.5. The fourth-order valence-electron chi connectivity index (χ4n) is 0.498. The van der Waals surface area contributed by atoms with Crippen LogP contribution in [0.2, 0.25) is 0 Å². The third kappa shape index (κ3) is 36.0. The van der Waals surface area contributed by atoms with Crippen molar-refractivity contribution in [1.29, 1.82) is 0 Å². The fraction of sp³-hybridized carbons (Fsp3) is 0.167. The molecule has 0 fully saturated rings. The number of allylic oxidation sites excluding steroid dienone is 6. The van der Waals surface area contributed by atoms with Gasteiger partial charge in [0.05, 0.1) is 0 Å². The first-order chi connectivity index (χ1) is 7.54. The van der Waals surface area contributed by atoms with E-state index in [-0.39, 0.29) is 75.5 Å². The van der Waals surface area contributed by atoms with Gasteiger partial charge in [0.25, 0.3) is 0 Å². The summed E-state index contributed by atoms with van der Waals surface area (Å²) in [5.74, 6) is -1.83. The molecule has 0 amide bonds. The second-order valence-electron chi connectivity index (χ2n) is 2.45. The third-order valence-electron chi connectivity index (χ3n) is 1.08. The molecule has 6 heteroatoms. The van der Waals surface area contributed by atoms with E-state index in [2.05, 4.69) is 0 Å². The molecule has 0 aliphatic carbocycles. The summed E-state index contributed by atoms with van der Waals surface area (Å²) in [7, 11) is 0. The van der Waals surface area contributed by atoms with Gasteiger partial charge in [-0.05, 0) is 13.8 Å². The van der Waals surface area contributed by atoms with Gasteiger partial charge in [-0.15, -0.1) is 0 Å². The maximum atomic E-state index is 9.75. The first-order valence-corrected chi connectivity index (χ1v) is 4.59. The van der Waals surface area contributed by atoms with Gasteiger partial charge in [-0.3, -0.25) is 0 Å². The molecule has 0 bridgehead atoms. The van der Waals surface area contributed by atoms with Crippen LogP contribution in [0, 0.1) is 0 Å². The first-order valence-electron chi connectivity index (χ1n) is 4.59. The van der Waals surface area contributed by atoms with Gasteiger partial charge in [-0.2, -0.15) is 0 Å². The molecule has 0 aliphatic heterocycles. The van der Waals surface area contributed by atoms with Crippen LogP contribution in [0.1, 0.15) is 13.8 Å². The Hall–Kier alpha value is 0.419. The molecular formula is C12H20Ca2O4. The molecule has 0 heterocycles. The van der Waals surface area contributed by atoms with Gasteiger partial charge >= 0.3 is 87.4 Å². The Morgan fingerprint density at radius 3 is 1.17 bits per heavy atom. The Balaban J connectivity index is -0.0000000980. The Morgan fingerprint density at radius 1 is 0.722 bits per heavy atom. The van der Waals surface area contributed by atoms with E-state index in [0.29, 0.717) is 0 Å². The van der Waals surface area contributed by atoms with E-state index in [1.165, 1.54) is 12.2 Å². The van der Waals surface area contributed by atoms with Crippen LogP contribution < -0.4 is 0 Å². The average Bonchev–Trinajstić information content (AvgIpc) is 2.18. The standard InChI is InChI=1S/2C6H8O2.2Ca.4H/c2*1-2-3-4-5-6(7)8;;;;;;/h2*2-5H,1H3,(H,7,8);;;;;;/b2*3-2+,5-4+;;;;;;. The van der Waals surface area contributed by atoms with Crippen LogP contribution in [-0.2, 0) is 9.59 Å². The molecule has 0 radical (unpaired) electrons. The van der Waals surface area contributed by atoms with Gasteiger partial charge in [0.2, 0.25) is 0 Å². The van der Waals surface area contributed by atoms with Crippen molar-refractivity contribution in [3.63, 3.8) is 0 Å². The zero-order valence-electron chi connectivity index (χ0n) is 9.33. The second kappa shape index (κ2) is 22.6. The van der Waals surface area contributed by atoms with E-state index in [0.717, 1.165) is 12.2 Å². The summed E-state index contributed by atoms with van der Waals surface area (Å²) >= 11 is 0. The van der Waals surface area contributed by atoms with Crippen LogP contribution >= 0.6 is 0 Å². The van der Waals surface area contributed by atoms with Crippen molar-refractivity contribution in [3.8, 4) is 0 Å². The van der Waals surface area contributed by atoms with Gasteiger partial charge < -0.3 is 10.2 Å². The van der Waals surface area contributed by atoms with Gasteiger partial charge in [-0.25, -0.2) is 9.59 Å². The van der Waals surface area contributed by atoms with E-state index in [4.69, 9.17) is 10.2 Å². The topological polar surface area (TPSA) is 74.6 Å². The van der Waals surface area contributed by atoms with E-state index >= 15 is 0 Å². The molecule has 0 atom stereocenters. The maximum absolute atomic E-state index is 9.75. The molecule has 18 heavy (non-hydrogen) atoms. The number of aliphatic carboxylic acids is 2. The van der Waals surface area contributed by atoms with Gasteiger partial charge in [-0.1, -0.05) is 36.5 Å². The first kappa shape index (κ1) is 26.9. The third-order valence-corrected chi connectivity index (χ3v) is 1.08. The molecule has 0 aromatic heterocycles. The van der Waals surface area contributed by atoms with Crippen LogP contribution in [0.3, 0.4) is 0 Å². The van der Waals surface area contributed by atoms with Crippen molar-refractivity contribution in [2.45, 2.75) is 13.8 Å². The Bertz CT molecular complexity index is 286. The predicted octanol–water partition coefficient (Wildman–Crippen LogP) is 0.574. The normalized spacial score (nSPS) is 9.89. The predicted molar refractivity (Wildman–Crippen MR) is 80.3 cm³/mol. The van der Waals surface area contributed by atoms with Crippen LogP contribution in [0.25, 0.3) is 0 Å². The number of hydrogen-bond acceptors (Lipinski definition) is 2. The van der Waals surface area contributed by atoms with Crippen LogP contribution in [0.15, 0.2) is 48.6 Å². The molecule has 0 aromatic rings. The molecule has 0 saturated carbocycles. The number of carboxylic acids is 2. The average molecular weight is 308 g/mol. The number of carbonyl (C=O) groups is 2. The summed E-state index contributed by atoms with van der Waals surface area (Å²) in [6.07, 6.45) is 12.0. The Labute approximate surface area is 167 Å². The van der Waals surface area contributed by atoms with E-state index in [1.54, 1.807) is 24.3 Å². The molecule has 0 spiro atoms. The van der Waals surface area contributed by atoms with Crippen molar-refractivity contribution in [1.82, 2.24) is 0 Å². The van der Waals surface area contributed by atoms with Crippen molar-refractivity contribution >= 4 is 87.4 Å². The van der Waals surface area contributed by atoms with Crippen molar-refractivity contribution in [2.24, 2.45) is 0 Å². The minimum atomic E-state index is -0.914. The van der Waals surface area contributed by atoms with Crippen LogP contribution in [-0.4, -0.2) is 97.6 Å². The molecule has 0 aliphatic rings. The van der Waals surface area contributed by atoms with Gasteiger partial charge in [0.15, 0.2) is 0 Å². The SMILES string of the molecule is C/C=C/C=C/C(=O)O.C/C=C/C=C/C(=O)O.[CaH2].[CaH2]. The second-order valence-corrected chi connectivity index (χ2v) is 2.45. The number of rotatable bonds is 4. The summed E-state index contributed by atoms with van der Waals surface area (Å²) in [5, 5.41) is 16.0. The van der Waals surface area contributed by atoms with Gasteiger partial charge in [0.1, 0.15) is 0 Å². The molecule has 0 saturated heterocycles. The summed E-state index contributed by atoms with van der Waals surface area (Å²) in [5.41, 5.74) is 0. The molecule has 0 rings (SSSR count). The molecular weight excluding hydrogens is 288 g/mol. The molecule has 0 unspecified atom stereocenters. The van der Waals surface area contributed by atoms with Crippen molar-refractivity contribution in [2.75, 3.05) is 0 Å². The number of carboxylic acid groups (broad SMARTS) is 2. The fourth-order valence-corrected chi connectivity index (χ4v) is 0.498. The molecule has 0 aromatic carbocycles. The zero-order valence-corrected chi connectivity index (χ0v) is 9.33. The van der Waals surface area contributed by atoms with Crippen molar-refractivity contribution in [3.05, 3.63) is 48.6 Å². The van der Waals surface area contributed by atoms with Gasteiger partial charge in [0, 0.05) is 12.2 Å². The van der Waals surface area contributed by atoms with E-state index < -0.39 is 11.9 Å². The van der Waals surface area contributed by atoms with E-state index in [9.17, 15) is 9.59 Å². The minimum absolute atomic E-state index is 0. The summed E-state index contributed by atoms with van der Waals surface area (Å²) in [6, 6.07) is 0. The van der Waals surface area contributed by atoms with Crippen LogP contribution in [0.4, 0.5) is 0 Å².